The quantitative estimate of drug-likeness (QED) is 0.352. The van der Waals surface area contributed by atoms with Crippen LogP contribution in [0.4, 0.5) is 0 Å². The van der Waals surface area contributed by atoms with Crippen molar-refractivity contribution in [1.29, 1.82) is 0 Å². The van der Waals surface area contributed by atoms with Gasteiger partial charge >= 0.3 is 0 Å². The smallest absolute Gasteiger partial charge is 0.132 e. The number of aliphatic hydroxyl groups is 3. The number of hydrogen-bond donors (Lipinski definition) is 4. The van der Waals surface area contributed by atoms with Gasteiger partial charge in [0.15, 0.2) is 0 Å². The molecule has 0 spiro atoms. The summed E-state index contributed by atoms with van der Waals surface area (Å²) in [5, 5.41) is 31.0. The molecule has 2 heterocycles. The van der Waals surface area contributed by atoms with Gasteiger partial charge in [0.05, 0.1) is 12.7 Å². The van der Waals surface area contributed by atoms with Gasteiger partial charge in [-0.05, 0) is 0 Å². The van der Waals surface area contributed by atoms with Crippen molar-refractivity contribution < 1.29 is 20.1 Å². The van der Waals surface area contributed by atoms with E-state index in [4.69, 9.17) is 9.84 Å². The lowest BCUT2D eigenvalue weighted by molar-refractivity contribution is -0.125. The van der Waals surface area contributed by atoms with Gasteiger partial charge < -0.3 is 25.4 Å². The average Bonchev–Trinajstić information content (AvgIpc) is 2.29. The van der Waals surface area contributed by atoms with Gasteiger partial charge in [-0.3, -0.25) is 0 Å². The van der Waals surface area contributed by atoms with Crippen LogP contribution in [0.1, 0.15) is 0 Å². The zero-order valence-corrected chi connectivity index (χ0v) is 6.60. The summed E-state index contributed by atoms with van der Waals surface area (Å²) >= 11 is 0. The van der Waals surface area contributed by atoms with Crippen molar-refractivity contribution in [2.45, 2.75) is 23.9 Å². The normalized spacial score (nSPS) is 52.8. The van der Waals surface area contributed by atoms with E-state index in [9.17, 15) is 10.2 Å². The molecule has 2 fully saturated rings. The highest BCUT2D eigenvalue weighted by Crippen LogP contribution is 2.32. The number of aliphatic hydroxyl groups excluding tert-OH is 3. The van der Waals surface area contributed by atoms with Crippen LogP contribution in [0.3, 0.4) is 0 Å². The Hall–Kier alpha value is -0.200. The van der Waals surface area contributed by atoms with Gasteiger partial charge in [-0.2, -0.15) is 0 Å². The van der Waals surface area contributed by atoms with Crippen LogP contribution in [0, 0.1) is 0 Å². The first-order valence-electron chi connectivity index (χ1n) is 4.05. The van der Waals surface area contributed by atoms with E-state index in [-0.39, 0.29) is 12.7 Å². The molecule has 2 bridgehead atoms. The third kappa shape index (κ3) is 0.915. The molecule has 0 aromatic rings. The molecule has 0 amide bonds. The molecule has 0 aliphatic carbocycles. The van der Waals surface area contributed by atoms with Crippen molar-refractivity contribution in [1.82, 2.24) is 5.32 Å². The molecular formula is C7H13NO4. The molecule has 5 heteroatoms. The minimum Gasteiger partial charge on any atom is -0.393 e. The van der Waals surface area contributed by atoms with E-state index < -0.39 is 17.8 Å². The highest BCUT2D eigenvalue weighted by atomic mass is 16.6. The Kier molecular flexibility index (Phi) is 1.85. The van der Waals surface area contributed by atoms with Crippen LogP contribution in [0.2, 0.25) is 0 Å². The molecule has 2 saturated heterocycles. The molecule has 70 valence electrons. The monoisotopic (exact) mass is 175 g/mol. The molecule has 0 aromatic carbocycles. The molecule has 0 radical (unpaired) electrons. The number of rotatable bonds is 1. The van der Waals surface area contributed by atoms with Crippen molar-refractivity contribution in [3.63, 3.8) is 0 Å². The molecule has 0 unspecified atom stereocenters. The number of nitrogens with one attached hydrogen (secondary N) is 1. The molecule has 0 aromatic heterocycles. The van der Waals surface area contributed by atoms with Crippen molar-refractivity contribution in [2.75, 3.05) is 19.7 Å². The SMILES string of the molecule is OC[C@]12CNC[C@@H](O1)[C@H](O)[C@H]2O. The summed E-state index contributed by atoms with van der Waals surface area (Å²) in [4.78, 5) is 0. The van der Waals surface area contributed by atoms with Gasteiger partial charge in [-0.25, -0.2) is 0 Å². The van der Waals surface area contributed by atoms with E-state index in [1.54, 1.807) is 0 Å². The number of fused-ring (bicyclic) bond motifs is 2. The topological polar surface area (TPSA) is 82.0 Å². The first-order chi connectivity index (χ1) is 5.69. The summed E-state index contributed by atoms with van der Waals surface area (Å²) in [6.07, 6.45) is -2.25. The first-order valence-corrected chi connectivity index (χ1v) is 4.05. The minimum absolute atomic E-state index is 0.269. The van der Waals surface area contributed by atoms with Crippen LogP contribution in [-0.2, 0) is 4.74 Å². The lowest BCUT2D eigenvalue weighted by Gasteiger charge is -2.33. The molecule has 2 aliphatic heterocycles. The minimum atomic E-state index is -0.984. The van der Waals surface area contributed by atoms with Crippen LogP contribution in [-0.4, -0.2) is 58.9 Å². The predicted molar refractivity (Wildman–Crippen MR) is 39.6 cm³/mol. The standard InChI is InChI=1S/C7H13NO4/c9-3-7-2-8-1-4(12-7)5(10)6(7)11/h4-6,8-11H,1-3H2/t4-,5+,6-,7+/m1/s1. The molecule has 4 N–H and O–H groups in total. The number of hydrogen-bond acceptors (Lipinski definition) is 5. The van der Waals surface area contributed by atoms with E-state index in [1.807, 2.05) is 0 Å². The van der Waals surface area contributed by atoms with Gasteiger partial charge in [0.2, 0.25) is 0 Å². The Labute approximate surface area is 70.0 Å². The summed E-state index contributed by atoms with van der Waals surface area (Å²) < 4.78 is 5.35. The maximum Gasteiger partial charge on any atom is 0.132 e. The van der Waals surface area contributed by atoms with Crippen LogP contribution in [0.25, 0.3) is 0 Å². The second kappa shape index (κ2) is 2.65. The van der Waals surface area contributed by atoms with Crippen LogP contribution in [0.5, 0.6) is 0 Å². The third-order valence-electron chi connectivity index (χ3n) is 2.67. The second-order valence-corrected chi connectivity index (χ2v) is 3.45. The van der Waals surface area contributed by atoms with E-state index in [0.29, 0.717) is 13.1 Å². The molecule has 4 atom stereocenters. The van der Waals surface area contributed by atoms with Crippen LogP contribution >= 0.6 is 0 Å². The maximum absolute atomic E-state index is 9.54. The molecule has 2 aliphatic rings. The highest BCUT2D eigenvalue weighted by Gasteiger charge is 2.55. The third-order valence-corrected chi connectivity index (χ3v) is 2.67. The molecule has 12 heavy (non-hydrogen) atoms. The maximum atomic E-state index is 9.54. The molecular weight excluding hydrogens is 162 g/mol. The Bertz CT molecular complexity index is 188. The van der Waals surface area contributed by atoms with Crippen molar-refractivity contribution in [2.24, 2.45) is 0 Å². The fourth-order valence-corrected chi connectivity index (χ4v) is 1.88. The van der Waals surface area contributed by atoms with E-state index >= 15 is 0 Å². The van der Waals surface area contributed by atoms with Gasteiger partial charge in [0, 0.05) is 13.1 Å². The van der Waals surface area contributed by atoms with E-state index in [0.717, 1.165) is 0 Å². The van der Waals surface area contributed by atoms with Gasteiger partial charge in [-0.1, -0.05) is 0 Å². The summed E-state index contributed by atoms with van der Waals surface area (Å²) in [6, 6.07) is 0. The Morgan fingerprint density at radius 3 is 2.83 bits per heavy atom. The summed E-state index contributed by atoms with van der Waals surface area (Å²) in [5.74, 6) is 0. The van der Waals surface area contributed by atoms with Crippen molar-refractivity contribution in [3.05, 3.63) is 0 Å². The predicted octanol–water partition coefficient (Wildman–Crippen LogP) is -2.56. The van der Waals surface area contributed by atoms with Crippen molar-refractivity contribution >= 4 is 0 Å². The fraction of sp³-hybridized carbons (Fsp3) is 1.00. The Morgan fingerprint density at radius 1 is 1.50 bits per heavy atom. The summed E-state index contributed by atoms with van der Waals surface area (Å²) in [6.45, 7) is 0.646. The van der Waals surface area contributed by atoms with Gasteiger partial charge in [-0.15, -0.1) is 0 Å². The Morgan fingerprint density at radius 2 is 2.25 bits per heavy atom. The van der Waals surface area contributed by atoms with E-state index in [2.05, 4.69) is 5.32 Å². The number of ether oxygens (including phenoxy) is 1. The summed E-state index contributed by atoms with van der Waals surface area (Å²) in [7, 11) is 0. The van der Waals surface area contributed by atoms with E-state index in [1.165, 1.54) is 0 Å². The lowest BCUT2D eigenvalue weighted by atomic mass is 9.97. The van der Waals surface area contributed by atoms with Crippen LogP contribution < -0.4 is 5.32 Å². The largest absolute Gasteiger partial charge is 0.393 e. The fourth-order valence-electron chi connectivity index (χ4n) is 1.88. The zero-order chi connectivity index (χ0) is 8.77. The van der Waals surface area contributed by atoms with Gasteiger partial charge in [0.1, 0.15) is 17.8 Å². The Balaban J connectivity index is 2.24. The first kappa shape index (κ1) is 8.40. The van der Waals surface area contributed by atoms with Crippen LogP contribution in [0.15, 0.2) is 0 Å². The molecule has 0 saturated carbocycles. The zero-order valence-electron chi connectivity index (χ0n) is 6.60. The second-order valence-electron chi connectivity index (χ2n) is 3.45. The molecule has 2 rings (SSSR count). The lowest BCUT2D eigenvalue weighted by Crippen LogP contribution is -2.55. The van der Waals surface area contributed by atoms with Crippen molar-refractivity contribution in [3.8, 4) is 0 Å². The van der Waals surface area contributed by atoms with Gasteiger partial charge in [0.25, 0.3) is 0 Å². The average molecular weight is 175 g/mol. The number of morpholine rings is 1. The highest BCUT2D eigenvalue weighted by molar-refractivity contribution is 5.06. The summed E-state index contributed by atoms with van der Waals surface area (Å²) in [5.41, 5.74) is -0.984. The molecule has 5 nitrogen and oxygen atoms in total.